The Hall–Kier alpha value is -2.96. The van der Waals surface area contributed by atoms with Crippen LogP contribution in [0.25, 0.3) is 0 Å². The quantitative estimate of drug-likeness (QED) is 0.507. The monoisotopic (exact) mass is 371 g/mol. The predicted molar refractivity (Wildman–Crippen MR) is 80.5 cm³/mol. The van der Waals surface area contributed by atoms with Crippen molar-refractivity contribution < 1.29 is 42.5 Å². The summed E-state index contributed by atoms with van der Waals surface area (Å²) >= 11 is 0. The predicted octanol–water partition coefficient (Wildman–Crippen LogP) is 0.722. The highest BCUT2D eigenvalue weighted by Gasteiger charge is 2.64. The van der Waals surface area contributed by atoms with Crippen molar-refractivity contribution in [3.63, 3.8) is 0 Å². The van der Waals surface area contributed by atoms with E-state index in [0.29, 0.717) is 0 Å². The summed E-state index contributed by atoms with van der Waals surface area (Å²) < 4.78 is 33.6. The number of hydrogen-bond acceptors (Lipinski definition) is 9. The van der Waals surface area contributed by atoms with E-state index in [1.807, 2.05) is 0 Å². The number of nitrogens with zero attached hydrogens (tertiary/aromatic N) is 1. The Bertz CT molecular complexity index is 682. The Balaban J connectivity index is 3.55. The van der Waals surface area contributed by atoms with E-state index in [0.717, 1.165) is 27.7 Å². The fourth-order valence-corrected chi connectivity index (χ4v) is 2.71. The molecule has 10 heteroatoms. The molecule has 0 unspecified atom stereocenters. The maximum Gasteiger partial charge on any atom is 0.303 e. The van der Waals surface area contributed by atoms with Crippen molar-refractivity contribution >= 4 is 23.9 Å². The van der Waals surface area contributed by atoms with E-state index in [1.54, 1.807) is 6.07 Å². The topological polar surface area (TPSA) is 129 Å². The molecule has 0 bridgehead atoms. The molecule has 4 atom stereocenters. The van der Waals surface area contributed by atoms with Crippen LogP contribution < -0.4 is 0 Å². The molecule has 0 aromatic carbocycles. The van der Waals surface area contributed by atoms with E-state index in [-0.39, 0.29) is 6.33 Å². The summed E-state index contributed by atoms with van der Waals surface area (Å²) in [5.74, 6) is -3.34. The summed E-state index contributed by atoms with van der Waals surface area (Å²) in [4.78, 5) is 45.5. The van der Waals surface area contributed by atoms with Crippen molar-refractivity contribution in [3.05, 3.63) is 11.9 Å². The Kier molecular flexibility index (Phi) is 6.83. The molecule has 1 aliphatic rings. The number of halogens is 1. The van der Waals surface area contributed by atoms with Crippen LogP contribution >= 0.6 is 0 Å². The van der Waals surface area contributed by atoms with Crippen molar-refractivity contribution in [2.24, 2.45) is 5.41 Å². The number of rotatable bonds is 5. The molecular weight excluding hydrogens is 353 g/mol. The van der Waals surface area contributed by atoms with Gasteiger partial charge in [-0.1, -0.05) is 0 Å². The van der Waals surface area contributed by atoms with E-state index >= 15 is 0 Å². The molecule has 1 fully saturated rings. The lowest BCUT2D eigenvalue weighted by Gasteiger charge is -2.29. The average molecular weight is 371 g/mol. The molecule has 9 nitrogen and oxygen atoms in total. The number of ether oxygens (including phenoxy) is 4. The second kappa shape index (κ2) is 8.42. The number of nitriles is 1. The number of esters is 4. The summed E-state index contributed by atoms with van der Waals surface area (Å²) in [6.07, 6.45) is -4.63. The normalized spacial score (nSPS) is 28.8. The van der Waals surface area contributed by atoms with Crippen LogP contribution in [0.1, 0.15) is 27.7 Å². The van der Waals surface area contributed by atoms with Gasteiger partial charge in [-0.25, -0.2) is 4.39 Å². The molecule has 0 aromatic rings. The van der Waals surface area contributed by atoms with E-state index in [4.69, 9.17) is 18.9 Å². The number of carbonyl (C=O) groups excluding carboxylic acids is 4. The molecule has 0 saturated heterocycles. The third kappa shape index (κ3) is 4.36. The van der Waals surface area contributed by atoms with Crippen LogP contribution in [0, 0.1) is 16.7 Å². The Morgan fingerprint density at radius 2 is 1.58 bits per heavy atom. The van der Waals surface area contributed by atoms with Crippen LogP contribution in [0.3, 0.4) is 0 Å². The van der Waals surface area contributed by atoms with Gasteiger partial charge < -0.3 is 18.9 Å². The van der Waals surface area contributed by atoms with Gasteiger partial charge in [0.2, 0.25) is 0 Å². The molecule has 26 heavy (non-hydrogen) atoms. The van der Waals surface area contributed by atoms with E-state index in [2.05, 4.69) is 0 Å². The van der Waals surface area contributed by atoms with E-state index in [1.165, 1.54) is 0 Å². The van der Waals surface area contributed by atoms with Crippen molar-refractivity contribution in [2.75, 3.05) is 6.61 Å². The first-order valence-corrected chi connectivity index (χ1v) is 7.46. The molecule has 0 aromatic heterocycles. The Morgan fingerprint density at radius 1 is 1.04 bits per heavy atom. The van der Waals surface area contributed by atoms with Gasteiger partial charge in [0.15, 0.2) is 23.7 Å². The van der Waals surface area contributed by atoms with Gasteiger partial charge in [-0.3, -0.25) is 19.2 Å². The lowest BCUT2D eigenvalue weighted by Crippen LogP contribution is -2.45. The summed E-state index contributed by atoms with van der Waals surface area (Å²) in [5.41, 5.74) is -2.50. The molecule has 0 N–H and O–H groups in total. The van der Waals surface area contributed by atoms with Gasteiger partial charge in [0.1, 0.15) is 6.61 Å². The van der Waals surface area contributed by atoms with Crippen LogP contribution in [-0.4, -0.2) is 48.8 Å². The number of carbonyl (C=O) groups is 4. The summed E-state index contributed by atoms with van der Waals surface area (Å²) in [7, 11) is 0. The van der Waals surface area contributed by atoms with Crippen LogP contribution in [0.4, 0.5) is 4.39 Å². The van der Waals surface area contributed by atoms with Crippen LogP contribution in [0.15, 0.2) is 11.9 Å². The second-order valence-electron chi connectivity index (χ2n) is 5.56. The van der Waals surface area contributed by atoms with E-state index in [9.17, 15) is 28.8 Å². The first-order chi connectivity index (χ1) is 12.1. The van der Waals surface area contributed by atoms with Crippen molar-refractivity contribution in [3.8, 4) is 6.07 Å². The number of hydrogen-bond donors (Lipinski definition) is 0. The minimum Gasteiger partial charge on any atom is -0.464 e. The maximum absolute atomic E-state index is 13.7. The van der Waals surface area contributed by atoms with Gasteiger partial charge in [-0.2, -0.15) is 5.26 Å². The SMILES string of the molecule is CC(=O)OC[C@@]1(C#N)/C(=C\F)[C@H](OC(C)=O)[C@H](OC(C)=O)[C@@H]1OC(C)=O. The van der Waals surface area contributed by atoms with Crippen LogP contribution in [0.5, 0.6) is 0 Å². The Labute approximate surface area is 148 Å². The zero-order valence-electron chi connectivity index (χ0n) is 14.6. The van der Waals surface area contributed by atoms with E-state index < -0.39 is 59.8 Å². The molecular formula is C16H18FNO8. The summed E-state index contributed by atoms with van der Waals surface area (Å²) in [6, 6.07) is 1.75. The van der Waals surface area contributed by atoms with Gasteiger partial charge in [-0.15, -0.1) is 0 Å². The first-order valence-electron chi connectivity index (χ1n) is 7.46. The highest BCUT2D eigenvalue weighted by atomic mass is 19.1. The second-order valence-corrected chi connectivity index (χ2v) is 5.56. The smallest absolute Gasteiger partial charge is 0.303 e. The van der Waals surface area contributed by atoms with Gasteiger partial charge in [0.05, 0.1) is 12.4 Å². The van der Waals surface area contributed by atoms with Crippen molar-refractivity contribution in [1.82, 2.24) is 0 Å². The van der Waals surface area contributed by atoms with Gasteiger partial charge in [-0.05, 0) is 0 Å². The lowest BCUT2D eigenvalue weighted by molar-refractivity contribution is -0.178. The van der Waals surface area contributed by atoms with Gasteiger partial charge >= 0.3 is 23.9 Å². The largest absolute Gasteiger partial charge is 0.464 e. The molecule has 1 saturated carbocycles. The average Bonchev–Trinajstić information content (AvgIpc) is 2.74. The fourth-order valence-electron chi connectivity index (χ4n) is 2.71. The standard InChI is InChI=1S/C16H18FNO8/c1-8(19)23-7-16(6-18)12(5-17)13(24-9(2)20)14(25-10(3)21)15(16)26-11(4)22/h5,13-15H,7H2,1-4H3/b12-5-/t13-,14-,15-,16-/m0/s1. The molecule has 0 heterocycles. The molecule has 0 amide bonds. The minimum absolute atomic E-state index is 0.0136. The van der Waals surface area contributed by atoms with Crippen LogP contribution in [-0.2, 0) is 38.1 Å². The lowest BCUT2D eigenvalue weighted by atomic mass is 9.82. The van der Waals surface area contributed by atoms with Gasteiger partial charge in [0.25, 0.3) is 0 Å². The molecule has 0 radical (unpaired) electrons. The Morgan fingerprint density at radius 3 is 1.96 bits per heavy atom. The zero-order chi connectivity index (χ0) is 20.1. The molecule has 1 rings (SSSR count). The fraction of sp³-hybridized carbons (Fsp3) is 0.562. The summed E-state index contributed by atoms with van der Waals surface area (Å²) in [5, 5.41) is 9.70. The molecule has 1 aliphatic carbocycles. The van der Waals surface area contributed by atoms with Crippen molar-refractivity contribution in [1.29, 1.82) is 5.26 Å². The van der Waals surface area contributed by atoms with Crippen LogP contribution in [0.2, 0.25) is 0 Å². The van der Waals surface area contributed by atoms with Gasteiger partial charge in [0, 0.05) is 33.3 Å². The highest BCUT2D eigenvalue weighted by Crippen LogP contribution is 2.48. The first kappa shape index (κ1) is 21.1. The zero-order valence-corrected chi connectivity index (χ0v) is 14.6. The van der Waals surface area contributed by atoms with Crippen molar-refractivity contribution in [2.45, 2.75) is 46.0 Å². The maximum atomic E-state index is 13.7. The summed E-state index contributed by atoms with van der Waals surface area (Å²) in [6.45, 7) is 3.44. The highest BCUT2D eigenvalue weighted by molar-refractivity contribution is 5.70. The third-order valence-corrected chi connectivity index (χ3v) is 3.61. The molecule has 0 spiro atoms. The molecule has 142 valence electrons. The molecule has 0 aliphatic heterocycles. The third-order valence-electron chi connectivity index (χ3n) is 3.61. The minimum atomic E-state index is -2.05.